The van der Waals surface area contributed by atoms with E-state index < -0.39 is 0 Å². The van der Waals surface area contributed by atoms with Gasteiger partial charge in [-0.3, -0.25) is 14.4 Å². The first-order valence-electron chi connectivity index (χ1n) is 9.85. The van der Waals surface area contributed by atoms with Crippen LogP contribution in [0.1, 0.15) is 69.8 Å². The Kier molecular flexibility index (Phi) is 4.98. The molecule has 0 radical (unpaired) electrons. The number of rotatable bonds is 4. The summed E-state index contributed by atoms with van der Waals surface area (Å²) in [6.45, 7) is 3.72. The number of imidazole rings is 1. The zero-order valence-corrected chi connectivity index (χ0v) is 16.0. The van der Waals surface area contributed by atoms with Crippen molar-refractivity contribution in [1.82, 2.24) is 14.5 Å². The molecule has 2 aliphatic heterocycles. The molecule has 3 heterocycles. The van der Waals surface area contributed by atoms with E-state index in [0.717, 1.165) is 50.9 Å². The Balaban J connectivity index is 1.60. The number of likely N-dealkylation sites (tertiary alicyclic amines) is 1. The van der Waals surface area contributed by atoms with Crippen LogP contribution in [0.25, 0.3) is 0 Å². The number of Topliss-reactive ketones (excluding diaryl/α,β-unsaturated/α-hetero) is 1. The van der Waals surface area contributed by atoms with Gasteiger partial charge in [0.25, 0.3) is 11.8 Å². The lowest BCUT2D eigenvalue weighted by Crippen LogP contribution is -2.29. The van der Waals surface area contributed by atoms with E-state index in [0.29, 0.717) is 23.5 Å². The van der Waals surface area contributed by atoms with Crippen LogP contribution in [0.15, 0.2) is 24.3 Å². The smallest absolute Gasteiger partial charge is 0.291 e. The molecule has 1 aromatic heterocycles. The Morgan fingerprint density at radius 2 is 1.64 bits per heavy atom. The minimum Gasteiger partial charge on any atom is -0.337 e. The summed E-state index contributed by atoms with van der Waals surface area (Å²) in [6.07, 6.45) is 4.77. The van der Waals surface area contributed by atoms with Crippen molar-refractivity contribution in [2.75, 3.05) is 18.4 Å². The van der Waals surface area contributed by atoms with Gasteiger partial charge in [-0.25, -0.2) is 4.98 Å². The molecule has 0 atom stereocenters. The summed E-state index contributed by atoms with van der Waals surface area (Å²) in [5, 5.41) is 2.84. The molecule has 28 heavy (non-hydrogen) atoms. The lowest BCUT2D eigenvalue weighted by Gasteiger charge is -2.18. The number of amides is 2. The van der Waals surface area contributed by atoms with E-state index in [2.05, 4.69) is 10.3 Å². The Hall–Kier alpha value is -2.96. The van der Waals surface area contributed by atoms with Crippen molar-refractivity contribution in [2.24, 2.45) is 0 Å². The average molecular weight is 380 g/mol. The van der Waals surface area contributed by atoms with Crippen molar-refractivity contribution >= 4 is 23.3 Å². The summed E-state index contributed by atoms with van der Waals surface area (Å²) < 4.78 is 1.89. The van der Waals surface area contributed by atoms with Crippen LogP contribution in [-0.4, -0.2) is 45.1 Å². The van der Waals surface area contributed by atoms with Crippen LogP contribution >= 0.6 is 0 Å². The maximum absolute atomic E-state index is 12.9. The normalized spacial score (nSPS) is 16.0. The summed E-state index contributed by atoms with van der Waals surface area (Å²) in [4.78, 5) is 43.5. The van der Waals surface area contributed by atoms with Crippen LogP contribution in [-0.2, 0) is 13.0 Å². The molecule has 0 bridgehead atoms. The van der Waals surface area contributed by atoms with E-state index in [-0.39, 0.29) is 23.4 Å². The number of carbonyl (C=O) groups is 3. The topological polar surface area (TPSA) is 84.3 Å². The molecule has 2 aromatic rings. The van der Waals surface area contributed by atoms with Gasteiger partial charge in [-0.15, -0.1) is 0 Å². The molecule has 0 aliphatic carbocycles. The second-order valence-electron chi connectivity index (χ2n) is 7.43. The number of hydrogen-bond acceptors (Lipinski definition) is 4. The SMILES string of the molecule is CC(=O)c1ccc(NC(=O)c2nc(C(=O)N3CCCC3)c3n2CCCC3)cc1. The maximum Gasteiger partial charge on any atom is 0.291 e. The Labute approximate surface area is 163 Å². The first kappa shape index (κ1) is 18.4. The lowest BCUT2D eigenvalue weighted by molar-refractivity contribution is 0.0785. The number of aromatic nitrogens is 2. The Morgan fingerprint density at radius 1 is 0.964 bits per heavy atom. The van der Waals surface area contributed by atoms with Crippen LogP contribution < -0.4 is 5.32 Å². The van der Waals surface area contributed by atoms with E-state index in [1.54, 1.807) is 24.3 Å². The van der Waals surface area contributed by atoms with Gasteiger partial charge < -0.3 is 14.8 Å². The van der Waals surface area contributed by atoms with Crippen molar-refractivity contribution in [3.8, 4) is 0 Å². The van der Waals surface area contributed by atoms with E-state index in [1.165, 1.54) is 6.92 Å². The van der Waals surface area contributed by atoms with Crippen LogP contribution in [0, 0.1) is 0 Å². The summed E-state index contributed by atoms with van der Waals surface area (Å²) >= 11 is 0. The molecule has 7 nitrogen and oxygen atoms in total. The molecule has 4 rings (SSSR count). The molecule has 0 saturated carbocycles. The van der Waals surface area contributed by atoms with Gasteiger partial charge in [0.2, 0.25) is 0 Å². The molecule has 1 fully saturated rings. The molecule has 1 saturated heterocycles. The molecule has 7 heteroatoms. The third-order valence-electron chi connectivity index (χ3n) is 5.47. The molecule has 1 N–H and O–H groups in total. The van der Waals surface area contributed by atoms with E-state index in [4.69, 9.17) is 0 Å². The summed E-state index contributed by atoms with van der Waals surface area (Å²) in [6, 6.07) is 6.76. The standard InChI is InChI=1S/C21H24N4O3/c1-14(26)15-7-9-16(10-8-15)22-20(27)19-23-18(17-6-2-3-13-25(17)19)21(28)24-11-4-5-12-24/h7-10H,2-6,11-13H2,1H3,(H,22,27). The largest absolute Gasteiger partial charge is 0.337 e. The van der Waals surface area contributed by atoms with Gasteiger partial charge in [0.1, 0.15) is 5.69 Å². The molecule has 1 aromatic carbocycles. The highest BCUT2D eigenvalue weighted by Crippen LogP contribution is 2.24. The molecular formula is C21H24N4O3. The number of anilines is 1. The second-order valence-corrected chi connectivity index (χ2v) is 7.43. The van der Waals surface area contributed by atoms with Crippen LogP contribution in [0.5, 0.6) is 0 Å². The van der Waals surface area contributed by atoms with Gasteiger partial charge in [-0.1, -0.05) is 0 Å². The van der Waals surface area contributed by atoms with Crippen molar-refractivity contribution in [2.45, 2.75) is 45.6 Å². The van der Waals surface area contributed by atoms with Gasteiger partial charge in [-0.05, 0) is 63.3 Å². The van der Waals surface area contributed by atoms with Crippen LogP contribution in [0.3, 0.4) is 0 Å². The number of nitrogens with zero attached hydrogens (tertiary/aromatic N) is 3. The number of fused-ring (bicyclic) bond motifs is 1. The van der Waals surface area contributed by atoms with E-state index in [1.807, 2.05) is 9.47 Å². The predicted molar refractivity (Wildman–Crippen MR) is 105 cm³/mol. The van der Waals surface area contributed by atoms with Crippen molar-refractivity contribution < 1.29 is 14.4 Å². The van der Waals surface area contributed by atoms with Crippen LogP contribution in [0.4, 0.5) is 5.69 Å². The highest BCUT2D eigenvalue weighted by molar-refractivity contribution is 6.04. The molecule has 2 aliphatic rings. The fourth-order valence-electron chi connectivity index (χ4n) is 3.93. The Bertz CT molecular complexity index is 924. The highest BCUT2D eigenvalue weighted by atomic mass is 16.2. The van der Waals surface area contributed by atoms with Crippen molar-refractivity contribution in [1.29, 1.82) is 0 Å². The zero-order valence-electron chi connectivity index (χ0n) is 16.0. The zero-order chi connectivity index (χ0) is 19.7. The first-order valence-corrected chi connectivity index (χ1v) is 9.85. The quantitative estimate of drug-likeness (QED) is 0.827. The minimum atomic E-state index is -0.334. The van der Waals surface area contributed by atoms with Gasteiger partial charge in [-0.2, -0.15) is 0 Å². The second kappa shape index (κ2) is 7.58. The average Bonchev–Trinajstić information content (AvgIpc) is 3.36. The summed E-state index contributed by atoms with van der Waals surface area (Å²) in [5.74, 6) is -0.134. The molecule has 0 unspecified atom stereocenters. The van der Waals surface area contributed by atoms with Gasteiger partial charge in [0.15, 0.2) is 11.6 Å². The number of ketones is 1. The number of benzene rings is 1. The predicted octanol–water partition coefficient (Wildman–Crippen LogP) is 2.91. The van der Waals surface area contributed by atoms with Crippen LogP contribution in [0.2, 0.25) is 0 Å². The first-order chi connectivity index (χ1) is 13.5. The minimum absolute atomic E-state index is 0.0229. The number of hydrogen-bond donors (Lipinski definition) is 1. The van der Waals surface area contributed by atoms with Gasteiger partial charge >= 0.3 is 0 Å². The molecule has 2 amide bonds. The summed E-state index contributed by atoms with van der Waals surface area (Å²) in [5.41, 5.74) is 2.49. The Morgan fingerprint density at radius 3 is 2.32 bits per heavy atom. The molecule has 146 valence electrons. The van der Waals surface area contributed by atoms with E-state index >= 15 is 0 Å². The van der Waals surface area contributed by atoms with E-state index in [9.17, 15) is 14.4 Å². The number of carbonyl (C=O) groups excluding carboxylic acids is 3. The summed E-state index contributed by atoms with van der Waals surface area (Å²) in [7, 11) is 0. The van der Waals surface area contributed by atoms with Gasteiger partial charge in [0.05, 0.1) is 5.69 Å². The molecular weight excluding hydrogens is 356 g/mol. The third kappa shape index (κ3) is 3.44. The molecule has 0 spiro atoms. The fraction of sp³-hybridized carbons (Fsp3) is 0.429. The maximum atomic E-state index is 12.9. The fourth-order valence-corrected chi connectivity index (χ4v) is 3.93. The number of nitrogens with one attached hydrogen (secondary N) is 1. The monoisotopic (exact) mass is 380 g/mol. The highest BCUT2D eigenvalue weighted by Gasteiger charge is 2.30. The van der Waals surface area contributed by atoms with Crippen molar-refractivity contribution in [3.05, 3.63) is 47.0 Å². The van der Waals surface area contributed by atoms with Crippen molar-refractivity contribution in [3.63, 3.8) is 0 Å². The lowest BCUT2D eigenvalue weighted by atomic mass is 10.1. The van der Waals surface area contributed by atoms with Gasteiger partial charge in [0, 0.05) is 30.9 Å². The third-order valence-corrected chi connectivity index (χ3v) is 5.47.